The number of aliphatic carboxylic acids is 1. The van der Waals surface area contributed by atoms with Crippen LogP contribution in [0, 0.1) is 0 Å². The number of likely N-dealkylation sites (tertiary alicyclic amines) is 1. The van der Waals surface area contributed by atoms with Gasteiger partial charge in [-0.3, -0.25) is 0 Å². The minimum absolute atomic E-state index is 0.0230. The molecule has 0 radical (unpaired) electrons. The highest BCUT2D eigenvalue weighted by atomic mass is 35.5. The number of carboxylic acids is 1. The number of urea groups is 1. The van der Waals surface area contributed by atoms with E-state index in [2.05, 4.69) is 5.32 Å². The largest absolute Gasteiger partial charge is 0.480 e. The maximum atomic E-state index is 12.2. The summed E-state index contributed by atoms with van der Waals surface area (Å²) < 4.78 is 0. The van der Waals surface area contributed by atoms with Crippen molar-refractivity contribution in [1.29, 1.82) is 0 Å². The summed E-state index contributed by atoms with van der Waals surface area (Å²) in [5.74, 6) is -1.19. The monoisotopic (exact) mass is 352 g/mol. The van der Waals surface area contributed by atoms with Crippen LogP contribution in [0.25, 0.3) is 0 Å². The molecule has 21 heavy (non-hydrogen) atoms. The Bertz CT molecular complexity index is 573. The lowest BCUT2D eigenvalue weighted by molar-refractivity contribution is -0.141. The predicted octanol–water partition coefficient (Wildman–Crippen LogP) is 2.70. The van der Waals surface area contributed by atoms with Crippen LogP contribution < -0.4 is 5.32 Å². The van der Waals surface area contributed by atoms with Crippen LogP contribution >= 0.6 is 34.8 Å². The Labute approximate surface area is 135 Å². The molecule has 3 N–H and O–H groups in total. The third-order valence-corrected chi connectivity index (χ3v) is 3.88. The van der Waals surface area contributed by atoms with Gasteiger partial charge in [-0.2, -0.15) is 0 Å². The first-order chi connectivity index (χ1) is 9.79. The van der Waals surface area contributed by atoms with Gasteiger partial charge in [-0.25, -0.2) is 9.59 Å². The van der Waals surface area contributed by atoms with E-state index in [0.29, 0.717) is 5.02 Å². The molecule has 1 aromatic rings. The average molecular weight is 354 g/mol. The second kappa shape index (κ2) is 6.27. The molecule has 0 bridgehead atoms. The van der Waals surface area contributed by atoms with Gasteiger partial charge in [-0.05, 0) is 12.1 Å². The zero-order chi connectivity index (χ0) is 15.7. The molecular weight excluding hydrogens is 343 g/mol. The van der Waals surface area contributed by atoms with Crippen molar-refractivity contribution < 1.29 is 19.8 Å². The number of hydrogen-bond donors (Lipinski definition) is 3. The fraction of sp³-hybridized carbons (Fsp3) is 0.333. The summed E-state index contributed by atoms with van der Waals surface area (Å²) in [5.41, 5.74) is 0.137. The fourth-order valence-corrected chi connectivity index (χ4v) is 3.02. The lowest BCUT2D eigenvalue weighted by atomic mass is 10.2. The van der Waals surface area contributed by atoms with Crippen LogP contribution in [0.2, 0.25) is 15.1 Å². The van der Waals surface area contributed by atoms with Crippen molar-refractivity contribution >= 4 is 52.5 Å². The molecule has 2 rings (SSSR count). The van der Waals surface area contributed by atoms with Gasteiger partial charge in [0.1, 0.15) is 6.04 Å². The van der Waals surface area contributed by atoms with Gasteiger partial charge in [-0.15, -0.1) is 0 Å². The molecule has 1 heterocycles. The number of β-amino-alcohol motifs (C(OH)–C–C–N with tert-alkyl or cyclic N) is 1. The second-order valence-electron chi connectivity index (χ2n) is 4.57. The summed E-state index contributed by atoms with van der Waals surface area (Å²) in [4.78, 5) is 24.3. The summed E-state index contributed by atoms with van der Waals surface area (Å²) in [6, 6.07) is 1.01. The van der Waals surface area contributed by atoms with Crippen molar-refractivity contribution in [3.05, 3.63) is 27.2 Å². The van der Waals surface area contributed by atoms with Crippen LogP contribution in [0.3, 0.4) is 0 Å². The molecule has 0 aromatic heterocycles. The Balaban J connectivity index is 2.20. The summed E-state index contributed by atoms with van der Waals surface area (Å²) in [7, 11) is 0. The van der Waals surface area contributed by atoms with E-state index in [9.17, 15) is 14.7 Å². The molecule has 6 nitrogen and oxygen atoms in total. The molecule has 1 fully saturated rings. The summed E-state index contributed by atoms with van der Waals surface area (Å²) in [6.07, 6.45) is -0.904. The third kappa shape index (κ3) is 3.52. The maximum Gasteiger partial charge on any atom is 0.326 e. The second-order valence-corrected chi connectivity index (χ2v) is 5.82. The Morgan fingerprint density at radius 1 is 1.24 bits per heavy atom. The molecule has 9 heteroatoms. The number of halogens is 3. The van der Waals surface area contributed by atoms with Crippen LogP contribution in [0.4, 0.5) is 10.5 Å². The fourth-order valence-electron chi connectivity index (χ4n) is 2.11. The van der Waals surface area contributed by atoms with Gasteiger partial charge in [0.25, 0.3) is 0 Å². The van der Waals surface area contributed by atoms with Crippen LogP contribution in [0.5, 0.6) is 0 Å². The zero-order valence-electron chi connectivity index (χ0n) is 10.5. The van der Waals surface area contributed by atoms with Gasteiger partial charge in [0.2, 0.25) is 0 Å². The number of aliphatic hydroxyl groups is 1. The van der Waals surface area contributed by atoms with Gasteiger partial charge in [0.05, 0.1) is 21.8 Å². The number of aliphatic hydroxyl groups excluding tert-OH is 1. The van der Waals surface area contributed by atoms with E-state index in [0.717, 1.165) is 4.90 Å². The molecule has 114 valence electrons. The van der Waals surface area contributed by atoms with E-state index in [1.807, 2.05) is 0 Å². The highest BCUT2D eigenvalue weighted by Gasteiger charge is 2.39. The first-order valence-corrected chi connectivity index (χ1v) is 7.06. The molecule has 0 aliphatic carbocycles. The van der Waals surface area contributed by atoms with Gasteiger partial charge < -0.3 is 20.4 Å². The standard InChI is InChI=1S/C12H11Cl3N2O4/c13-5-1-7(14)10(8(15)2-5)16-12(21)17-4-6(18)3-9(17)11(19)20/h1-2,6,9,18H,3-4H2,(H,16,21)(H,19,20). The van der Waals surface area contributed by atoms with E-state index >= 15 is 0 Å². The van der Waals surface area contributed by atoms with Crippen LogP contribution in [0.15, 0.2) is 12.1 Å². The number of benzene rings is 1. The molecule has 0 spiro atoms. The number of carbonyl (C=O) groups excluding carboxylic acids is 1. The first kappa shape index (κ1) is 16.2. The van der Waals surface area contributed by atoms with E-state index in [1.54, 1.807) is 0 Å². The molecule has 1 saturated heterocycles. The number of hydrogen-bond acceptors (Lipinski definition) is 3. The Hall–Kier alpha value is -1.21. The smallest absolute Gasteiger partial charge is 0.326 e. The molecule has 1 aliphatic rings. The van der Waals surface area contributed by atoms with Crippen molar-refractivity contribution in [2.45, 2.75) is 18.6 Å². The number of rotatable bonds is 2. The summed E-state index contributed by atoms with van der Waals surface area (Å²) >= 11 is 17.7. The van der Waals surface area contributed by atoms with Crippen LogP contribution in [0.1, 0.15) is 6.42 Å². The van der Waals surface area contributed by atoms with E-state index < -0.39 is 24.1 Å². The molecular formula is C12H11Cl3N2O4. The Kier molecular flexibility index (Phi) is 4.83. The van der Waals surface area contributed by atoms with Crippen molar-refractivity contribution in [1.82, 2.24) is 4.90 Å². The highest BCUT2D eigenvalue weighted by molar-refractivity contribution is 6.42. The first-order valence-electron chi connectivity index (χ1n) is 5.92. The van der Waals surface area contributed by atoms with Crippen molar-refractivity contribution in [3.63, 3.8) is 0 Å². The molecule has 0 saturated carbocycles. The maximum absolute atomic E-state index is 12.2. The van der Waals surface area contributed by atoms with E-state index in [1.165, 1.54) is 12.1 Å². The number of carbonyl (C=O) groups is 2. The van der Waals surface area contributed by atoms with Gasteiger partial charge in [0, 0.05) is 18.0 Å². The molecule has 1 aliphatic heterocycles. The van der Waals surface area contributed by atoms with Crippen molar-refractivity contribution in [2.75, 3.05) is 11.9 Å². The number of nitrogens with zero attached hydrogens (tertiary/aromatic N) is 1. The Morgan fingerprint density at radius 3 is 2.33 bits per heavy atom. The average Bonchev–Trinajstić information content (AvgIpc) is 2.76. The number of carboxylic acid groups (broad SMARTS) is 1. The van der Waals surface area contributed by atoms with Gasteiger partial charge in [0.15, 0.2) is 0 Å². The SMILES string of the molecule is O=C(O)C1CC(O)CN1C(=O)Nc1c(Cl)cc(Cl)cc1Cl. The lowest BCUT2D eigenvalue weighted by Crippen LogP contribution is -2.43. The topological polar surface area (TPSA) is 89.9 Å². The van der Waals surface area contributed by atoms with E-state index in [-0.39, 0.29) is 28.7 Å². The molecule has 2 atom stereocenters. The number of anilines is 1. The van der Waals surface area contributed by atoms with Crippen LogP contribution in [-0.2, 0) is 4.79 Å². The highest BCUT2D eigenvalue weighted by Crippen LogP contribution is 2.34. The molecule has 2 unspecified atom stereocenters. The zero-order valence-corrected chi connectivity index (χ0v) is 12.8. The minimum atomic E-state index is -1.19. The minimum Gasteiger partial charge on any atom is -0.480 e. The van der Waals surface area contributed by atoms with Crippen LogP contribution in [-0.4, -0.2) is 45.8 Å². The molecule has 2 amide bonds. The quantitative estimate of drug-likeness (QED) is 0.762. The summed E-state index contributed by atoms with van der Waals surface area (Å²) in [6.45, 7) is -0.0778. The van der Waals surface area contributed by atoms with Gasteiger partial charge in [-0.1, -0.05) is 34.8 Å². The van der Waals surface area contributed by atoms with Gasteiger partial charge >= 0.3 is 12.0 Å². The predicted molar refractivity (Wildman–Crippen MR) is 79.2 cm³/mol. The van der Waals surface area contributed by atoms with E-state index in [4.69, 9.17) is 39.9 Å². The van der Waals surface area contributed by atoms with Crippen molar-refractivity contribution in [2.24, 2.45) is 0 Å². The summed E-state index contributed by atoms with van der Waals surface area (Å²) in [5, 5.41) is 21.6. The Morgan fingerprint density at radius 2 is 1.81 bits per heavy atom. The normalized spacial score (nSPS) is 21.4. The number of nitrogens with one attached hydrogen (secondary N) is 1. The van der Waals surface area contributed by atoms with Crippen molar-refractivity contribution in [3.8, 4) is 0 Å². The molecule has 1 aromatic carbocycles. The third-order valence-electron chi connectivity index (χ3n) is 3.06. The lowest BCUT2D eigenvalue weighted by Gasteiger charge is -2.22. The number of amides is 2.